The lowest BCUT2D eigenvalue weighted by Crippen LogP contribution is -2.41. The minimum absolute atomic E-state index is 0.0310. The minimum Gasteiger partial charge on any atom is -0.354 e. The number of nitrogens with one attached hydrogen (secondary N) is 3. The van der Waals surface area contributed by atoms with Crippen LogP contribution in [0, 0.1) is 5.92 Å². The van der Waals surface area contributed by atoms with Crippen molar-refractivity contribution < 1.29 is 9.59 Å². The molecule has 5 heteroatoms. The monoisotopic (exact) mass is 271 g/mol. The molecule has 0 saturated carbocycles. The lowest BCUT2D eigenvalue weighted by atomic mass is 10.1. The molecule has 0 radical (unpaired) electrons. The summed E-state index contributed by atoms with van der Waals surface area (Å²) in [4.78, 5) is 22.9. The maximum absolute atomic E-state index is 11.5. The molecule has 2 amide bonds. The van der Waals surface area contributed by atoms with Crippen LogP contribution in [0.1, 0.15) is 47.0 Å². The average molecular weight is 271 g/mol. The van der Waals surface area contributed by atoms with E-state index in [1.807, 2.05) is 6.92 Å². The van der Waals surface area contributed by atoms with Gasteiger partial charge in [-0.3, -0.25) is 9.59 Å². The van der Waals surface area contributed by atoms with Gasteiger partial charge in [0.2, 0.25) is 11.8 Å². The second kappa shape index (κ2) is 10.8. The van der Waals surface area contributed by atoms with Crippen LogP contribution in [0.3, 0.4) is 0 Å². The number of hydrogen-bond acceptors (Lipinski definition) is 3. The zero-order valence-corrected chi connectivity index (χ0v) is 12.7. The molecule has 0 saturated heterocycles. The summed E-state index contributed by atoms with van der Waals surface area (Å²) in [6.07, 6.45) is 2.56. The maximum atomic E-state index is 11.5. The molecular formula is C14H29N3O2. The third kappa shape index (κ3) is 10.5. The van der Waals surface area contributed by atoms with E-state index >= 15 is 0 Å². The van der Waals surface area contributed by atoms with Crippen LogP contribution >= 0.6 is 0 Å². The lowest BCUT2D eigenvalue weighted by Gasteiger charge is -2.12. The van der Waals surface area contributed by atoms with E-state index in [2.05, 4.69) is 36.7 Å². The lowest BCUT2D eigenvalue weighted by molar-refractivity contribution is -0.123. The van der Waals surface area contributed by atoms with Gasteiger partial charge in [0.05, 0.1) is 6.54 Å². The Morgan fingerprint density at radius 1 is 0.947 bits per heavy atom. The van der Waals surface area contributed by atoms with Gasteiger partial charge in [-0.15, -0.1) is 0 Å². The topological polar surface area (TPSA) is 70.2 Å². The number of carbonyl (C=O) groups excluding carboxylic acids is 2. The molecule has 0 aliphatic rings. The van der Waals surface area contributed by atoms with Crippen LogP contribution in [0.5, 0.6) is 0 Å². The molecule has 0 aliphatic carbocycles. The van der Waals surface area contributed by atoms with E-state index in [9.17, 15) is 9.59 Å². The largest absolute Gasteiger partial charge is 0.354 e. The molecule has 0 bridgehead atoms. The number of rotatable bonds is 10. The quantitative estimate of drug-likeness (QED) is 0.520. The SMILES string of the molecule is CCC(C)CC(=O)NCCNC(=O)CNC(C)CC. The van der Waals surface area contributed by atoms with E-state index in [0.29, 0.717) is 38.0 Å². The highest BCUT2D eigenvalue weighted by atomic mass is 16.2. The molecule has 0 aliphatic heterocycles. The Morgan fingerprint density at radius 3 is 2.05 bits per heavy atom. The van der Waals surface area contributed by atoms with Crippen LogP contribution in [-0.2, 0) is 9.59 Å². The molecule has 0 aromatic rings. The number of hydrogen-bond donors (Lipinski definition) is 3. The Balaban J connectivity index is 3.53. The Labute approximate surface area is 116 Å². The van der Waals surface area contributed by atoms with Crippen molar-refractivity contribution in [1.29, 1.82) is 0 Å². The Morgan fingerprint density at radius 2 is 1.53 bits per heavy atom. The van der Waals surface area contributed by atoms with Gasteiger partial charge in [-0.1, -0.05) is 27.2 Å². The summed E-state index contributed by atoms with van der Waals surface area (Å²) in [5, 5.41) is 8.69. The summed E-state index contributed by atoms with van der Waals surface area (Å²) in [5.41, 5.74) is 0. The summed E-state index contributed by atoms with van der Waals surface area (Å²) >= 11 is 0. The number of carbonyl (C=O) groups is 2. The molecule has 3 N–H and O–H groups in total. The first-order valence-electron chi connectivity index (χ1n) is 7.26. The first-order chi connectivity index (χ1) is 8.99. The third-order valence-electron chi connectivity index (χ3n) is 3.22. The van der Waals surface area contributed by atoms with Crippen molar-refractivity contribution in [3.8, 4) is 0 Å². The maximum Gasteiger partial charge on any atom is 0.234 e. The van der Waals surface area contributed by atoms with Gasteiger partial charge in [-0.2, -0.15) is 0 Å². The van der Waals surface area contributed by atoms with E-state index < -0.39 is 0 Å². The van der Waals surface area contributed by atoms with Crippen molar-refractivity contribution in [3.63, 3.8) is 0 Å². The van der Waals surface area contributed by atoms with Gasteiger partial charge in [-0.05, 0) is 19.3 Å². The van der Waals surface area contributed by atoms with E-state index in [0.717, 1.165) is 12.8 Å². The highest BCUT2D eigenvalue weighted by molar-refractivity contribution is 5.78. The first-order valence-corrected chi connectivity index (χ1v) is 7.26. The highest BCUT2D eigenvalue weighted by Gasteiger charge is 2.07. The van der Waals surface area contributed by atoms with Crippen LogP contribution in [-0.4, -0.2) is 37.5 Å². The molecular weight excluding hydrogens is 242 g/mol. The van der Waals surface area contributed by atoms with Gasteiger partial charge in [0.15, 0.2) is 0 Å². The summed E-state index contributed by atoms with van der Waals surface area (Å²) in [6.45, 7) is 9.54. The van der Waals surface area contributed by atoms with E-state index in [1.165, 1.54) is 0 Å². The molecule has 0 rings (SSSR count). The summed E-state index contributed by atoms with van der Waals surface area (Å²) < 4.78 is 0. The summed E-state index contributed by atoms with van der Waals surface area (Å²) in [6, 6.07) is 0.348. The average Bonchev–Trinajstić information content (AvgIpc) is 2.40. The Bertz CT molecular complexity index is 269. The fourth-order valence-corrected chi connectivity index (χ4v) is 1.41. The van der Waals surface area contributed by atoms with Gasteiger partial charge in [0.25, 0.3) is 0 Å². The highest BCUT2D eigenvalue weighted by Crippen LogP contribution is 2.04. The smallest absolute Gasteiger partial charge is 0.234 e. The van der Waals surface area contributed by atoms with Crippen LogP contribution in [0.4, 0.5) is 0 Å². The number of amides is 2. The van der Waals surface area contributed by atoms with Crippen molar-refractivity contribution in [2.24, 2.45) is 5.92 Å². The first kappa shape index (κ1) is 17.9. The van der Waals surface area contributed by atoms with Crippen LogP contribution in [0.25, 0.3) is 0 Å². The summed E-state index contributed by atoms with van der Waals surface area (Å²) in [5.74, 6) is 0.437. The van der Waals surface area contributed by atoms with Crippen molar-refractivity contribution in [3.05, 3.63) is 0 Å². The zero-order chi connectivity index (χ0) is 14.7. The molecule has 5 nitrogen and oxygen atoms in total. The summed E-state index contributed by atoms with van der Waals surface area (Å²) in [7, 11) is 0. The normalized spacial score (nSPS) is 13.7. The predicted molar refractivity (Wildman–Crippen MR) is 77.8 cm³/mol. The van der Waals surface area contributed by atoms with Gasteiger partial charge in [0.1, 0.15) is 0 Å². The van der Waals surface area contributed by atoms with Crippen molar-refractivity contribution >= 4 is 11.8 Å². The molecule has 0 heterocycles. The fraction of sp³-hybridized carbons (Fsp3) is 0.857. The second-order valence-corrected chi connectivity index (χ2v) is 5.11. The van der Waals surface area contributed by atoms with Crippen LogP contribution in [0.2, 0.25) is 0 Å². The third-order valence-corrected chi connectivity index (χ3v) is 3.22. The van der Waals surface area contributed by atoms with E-state index in [-0.39, 0.29) is 11.8 Å². The predicted octanol–water partition coefficient (Wildman–Crippen LogP) is 1.04. The second-order valence-electron chi connectivity index (χ2n) is 5.11. The van der Waals surface area contributed by atoms with Crippen LogP contribution in [0.15, 0.2) is 0 Å². The van der Waals surface area contributed by atoms with Crippen molar-refractivity contribution in [2.45, 2.75) is 53.0 Å². The molecule has 19 heavy (non-hydrogen) atoms. The van der Waals surface area contributed by atoms with Gasteiger partial charge in [-0.25, -0.2) is 0 Å². The molecule has 112 valence electrons. The molecule has 0 fully saturated rings. The zero-order valence-electron chi connectivity index (χ0n) is 12.7. The molecule has 0 aromatic heterocycles. The van der Waals surface area contributed by atoms with Crippen molar-refractivity contribution in [1.82, 2.24) is 16.0 Å². The van der Waals surface area contributed by atoms with Crippen LogP contribution < -0.4 is 16.0 Å². The van der Waals surface area contributed by atoms with Gasteiger partial charge < -0.3 is 16.0 Å². The van der Waals surface area contributed by atoms with Gasteiger partial charge >= 0.3 is 0 Å². The Kier molecular flexibility index (Phi) is 10.2. The standard InChI is InChI=1S/C14H29N3O2/c1-5-11(3)9-13(18)15-7-8-16-14(19)10-17-12(4)6-2/h11-12,17H,5-10H2,1-4H3,(H,15,18)(H,16,19). The van der Waals surface area contributed by atoms with E-state index in [1.54, 1.807) is 0 Å². The van der Waals surface area contributed by atoms with Crippen molar-refractivity contribution in [2.75, 3.05) is 19.6 Å². The molecule has 2 unspecified atom stereocenters. The van der Waals surface area contributed by atoms with Gasteiger partial charge in [0, 0.05) is 25.6 Å². The Hall–Kier alpha value is -1.10. The fourth-order valence-electron chi connectivity index (χ4n) is 1.41. The molecule has 0 spiro atoms. The molecule has 0 aromatic carbocycles. The minimum atomic E-state index is -0.0310. The molecule has 2 atom stereocenters. The van der Waals surface area contributed by atoms with E-state index in [4.69, 9.17) is 0 Å².